The van der Waals surface area contributed by atoms with Gasteiger partial charge in [0.05, 0.1) is 6.61 Å². The standard InChI is InChI=1S/C50H102NO4P/c1-3-5-7-9-11-13-15-17-23-27-31-35-39-43-47-51(48-44-40-36-32-28-24-18-16-14-12-10-8-6-4-2)49-45-41-37-33-29-25-21-19-20-22-26-30-34-38-42-46-50-55-56(52,53)54/h19-20H,3-18,21-50H2,1-2H3,(H2,52,53,54)/b20-19-. The van der Waals surface area contributed by atoms with Gasteiger partial charge in [0.2, 0.25) is 0 Å². The first-order chi connectivity index (χ1) is 27.5. The zero-order chi connectivity index (χ0) is 40.7. The molecule has 0 aromatic carbocycles. The van der Waals surface area contributed by atoms with E-state index in [-0.39, 0.29) is 6.61 Å². The molecular weight excluding hydrogens is 710 g/mol. The van der Waals surface area contributed by atoms with Crippen LogP contribution in [0.3, 0.4) is 0 Å². The number of phosphoric acid groups is 1. The van der Waals surface area contributed by atoms with Crippen LogP contribution in [0.4, 0.5) is 0 Å². The molecule has 0 aliphatic heterocycles. The van der Waals surface area contributed by atoms with E-state index in [1.807, 2.05) is 0 Å². The Morgan fingerprint density at radius 1 is 0.357 bits per heavy atom. The first-order valence-corrected chi connectivity index (χ1v) is 27.1. The lowest BCUT2D eigenvalue weighted by Crippen LogP contribution is -2.27. The largest absolute Gasteiger partial charge is 0.469 e. The van der Waals surface area contributed by atoms with E-state index in [4.69, 9.17) is 9.79 Å². The van der Waals surface area contributed by atoms with Crippen LogP contribution < -0.4 is 0 Å². The topological polar surface area (TPSA) is 70.0 Å². The summed E-state index contributed by atoms with van der Waals surface area (Å²) >= 11 is 0. The fourth-order valence-electron chi connectivity index (χ4n) is 8.19. The number of unbranched alkanes of at least 4 members (excludes halogenated alkanes) is 38. The second-order valence-corrected chi connectivity index (χ2v) is 18.9. The predicted molar refractivity (Wildman–Crippen MR) is 249 cm³/mol. The molecule has 0 atom stereocenters. The first kappa shape index (κ1) is 55.8. The lowest BCUT2D eigenvalue weighted by molar-refractivity contribution is 0.193. The van der Waals surface area contributed by atoms with Crippen molar-refractivity contribution in [3.8, 4) is 0 Å². The summed E-state index contributed by atoms with van der Waals surface area (Å²) in [6.45, 7) is 8.77. The predicted octanol–water partition coefficient (Wildman–Crippen LogP) is 17.4. The summed E-state index contributed by atoms with van der Waals surface area (Å²) in [6.07, 6.45) is 62.4. The minimum Gasteiger partial charge on any atom is -0.303 e. The van der Waals surface area contributed by atoms with E-state index in [0.717, 1.165) is 19.3 Å². The Hall–Kier alpha value is -0.190. The minimum absolute atomic E-state index is 0.158. The zero-order valence-electron chi connectivity index (χ0n) is 38.3. The number of nitrogens with zero attached hydrogens (tertiary/aromatic N) is 1. The molecular formula is C50H102NO4P. The summed E-state index contributed by atoms with van der Waals surface area (Å²) in [6, 6.07) is 0. The Bertz CT molecular complexity index is 770. The van der Waals surface area contributed by atoms with Crippen LogP contribution in [0.5, 0.6) is 0 Å². The van der Waals surface area contributed by atoms with E-state index in [0.29, 0.717) is 0 Å². The number of hydrogen-bond donors (Lipinski definition) is 2. The molecule has 0 saturated carbocycles. The molecule has 0 amide bonds. The summed E-state index contributed by atoms with van der Waals surface area (Å²) in [4.78, 5) is 20.2. The number of hydrogen-bond acceptors (Lipinski definition) is 3. The molecule has 0 unspecified atom stereocenters. The van der Waals surface area contributed by atoms with Crippen LogP contribution in [-0.2, 0) is 9.09 Å². The monoisotopic (exact) mass is 812 g/mol. The Balaban J connectivity index is 3.97. The molecule has 6 heteroatoms. The van der Waals surface area contributed by atoms with Crippen molar-refractivity contribution in [1.82, 2.24) is 4.90 Å². The fourth-order valence-corrected chi connectivity index (χ4v) is 8.56. The van der Waals surface area contributed by atoms with Gasteiger partial charge in [0, 0.05) is 0 Å². The number of rotatable bonds is 49. The van der Waals surface area contributed by atoms with Gasteiger partial charge in [-0.15, -0.1) is 0 Å². The summed E-state index contributed by atoms with van der Waals surface area (Å²) in [5.74, 6) is 0. The van der Waals surface area contributed by atoms with Crippen molar-refractivity contribution < 1.29 is 18.9 Å². The molecule has 56 heavy (non-hydrogen) atoms. The molecule has 0 spiro atoms. The van der Waals surface area contributed by atoms with Crippen molar-refractivity contribution in [1.29, 1.82) is 0 Å². The maximum absolute atomic E-state index is 10.7. The minimum atomic E-state index is -4.29. The van der Waals surface area contributed by atoms with Gasteiger partial charge in [-0.3, -0.25) is 4.52 Å². The van der Waals surface area contributed by atoms with Gasteiger partial charge in [0.1, 0.15) is 0 Å². The molecule has 0 fully saturated rings. The van der Waals surface area contributed by atoms with Crippen LogP contribution in [0.25, 0.3) is 0 Å². The van der Waals surface area contributed by atoms with Crippen LogP contribution in [0.2, 0.25) is 0 Å². The first-order valence-electron chi connectivity index (χ1n) is 25.6. The van der Waals surface area contributed by atoms with Crippen molar-refractivity contribution in [3.05, 3.63) is 12.2 Å². The highest BCUT2D eigenvalue weighted by Gasteiger charge is 2.12. The molecule has 0 heterocycles. The smallest absolute Gasteiger partial charge is 0.303 e. The summed E-state index contributed by atoms with van der Waals surface area (Å²) < 4.78 is 15.2. The molecule has 336 valence electrons. The summed E-state index contributed by atoms with van der Waals surface area (Å²) in [5.41, 5.74) is 0. The van der Waals surface area contributed by atoms with Gasteiger partial charge in [-0.2, -0.15) is 0 Å². The van der Waals surface area contributed by atoms with Gasteiger partial charge in [0.25, 0.3) is 0 Å². The highest BCUT2D eigenvalue weighted by atomic mass is 31.2. The third kappa shape index (κ3) is 50.0. The Kier molecular flexibility index (Phi) is 47.3. The molecule has 0 aliphatic carbocycles. The van der Waals surface area contributed by atoms with E-state index in [9.17, 15) is 4.57 Å². The highest BCUT2D eigenvalue weighted by molar-refractivity contribution is 7.46. The molecule has 0 bridgehead atoms. The molecule has 0 rings (SSSR count). The fraction of sp³-hybridized carbons (Fsp3) is 0.960. The quantitative estimate of drug-likeness (QED) is 0.0364. The Morgan fingerprint density at radius 3 is 0.857 bits per heavy atom. The molecule has 0 aromatic rings. The average Bonchev–Trinajstić information content (AvgIpc) is 3.18. The number of phosphoric ester groups is 1. The van der Waals surface area contributed by atoms with Gasteiger partial charge in [0.15, 0.2) is 0 Å². The normalized spacial score (nSPS) is 12.2. The molecule has 0 radical (unpaired) electrons. The van der Waals surface area contributed by atoms with Gasteiger partial charge < -0.3 is 14.7 Å². The van der Waals surface area contributed by atoms with Crippen molar-refractivity contribution in [2.45, 2.75) is 284 Å². The summed E-state index contributed by atoms with van der Waals surface area (Å²) in [5, 5.41) is 0. The van der Waals surface area contributed by atoms with Gasteiger partial charge in [-0.1, -0.05) is 244 Å². The number of allylic oxidation sites excluding steroid dienone is 2. The van der Waals surface area contributed by atoms with Crippen molar-refractivity contribution in [2.75, 3.05) is 26.2 Å². The van der Waals surface area contributed by atoms with Gasteiger partial charge >= 0.3 is 7.82 Å². The van der Waals surface area contributed by atoms with Crippen LogP contribution in [-0.4, -0.2) is 40.9 Å². The van der Waals surface area contributed by atoms with Crippen molar-refractivity contribution in [3.63, 3.8) is 0 Å². The van der Waals surface area contributed by atoms with Crippen molar-refractivity contribution in [2.24, 2.45) is 0 Å². The molecule has 0 aromatic heterocycles. The van der Waals surface area contributed by atoms with E-state index >= 15 is 0 Å². The maximum atomic E-state index is 10.7. The molecule has 5 nitrogen and oxygen atoms in total. The third-order valence-electron chi connectivity index (χ3n) is 11.9. The van der Waals surface area contributed by atoms with E-state index in [2.05, 4.69) is 35.4 Å². The van der Waals surface area contributed by atoms with E-state index in [1.54, 1.807) is 0 Å². The summed E-state index contributed by atoms with van der Waals surface area (Å²) in [7, 11) is -4.29. The second-order valence-electron chi connectivity index (χ2n) is 17.6. The molecule has 0 saturated heterocycles. The van der Waals surface area contributed by atoms with Gasteiger partial charge in [-0.05, 0) is 71.0 Å². The van der Waals surface area contributed by atoms with Crippen LogP contribution >= 0.6 is 7.82 Å². The Morgan fingerprint density at radius 2 is 0.589 bits per heavy atom. The SMILES string of the molecule is CCCCCCCCCCCCCCCCN(CCCCCCCC/C=C\CCCCCCCCOP(=O)(O)O)CCCCCCCCCCCCCCCC. The average molecular weight is 812 g/mol. The van der Waals surface area contributed by atoms with Crippen LogP contribution in [0, 0.1) is 0 Å². The molecule has 0 aliphatic rings. The van der Waals surface area contributed by atoms with Crippen molar-refractivity contribution >= 4 is 7.82 Å². The highest BCUT2D eigenvalue weighted by Crippen LogP contribution is 2.35. The maximum Gasteiger partial charge on any atom is 0.469 e. The van der Waals surface area contributed by atoms with Crippen LogP contribution in [0.15, 0.2) is 12.2 Å². The Labute approximate surface area is 352 Å². The van der Waals surface area contributed by atoms with Crippen LogP contribution in [0.1, 0.15) is 284 Å². The zero-order valence-corrected chi connectivity index (χ0v) is 39.2. The lowest BCUT2D eigenvalue weighted by Gasteiger charge is -2.22. The van der Waals surface area contributed by atoms with E-state index in [1.165, 1.54) is 270 Å². The van der Waals surface area contributed by atoms with E-state index < -0.39 is 7.82 Å². The third-order valence-corrected chi connectivity index (χ3v) is 12.5. The second kappa shape index (κ2) is 47.5. The molecule has 2 N–H and O–H groups in total. The lowest BCUT2D eigenvalue weighted by atomic mass is 10.0. The van der Waals surface area contributed by atoms with Gasteiger partial charge in [-0.25, -0.2) is 4.57 Å².